The monoisotopic (exact) mass is 339 g/mol. The number of H-pyrrole nitrogens is 1. The summed E-state index contributed by atoms with van der Waals surface area (Å²) < 4.78 is 38.2. The summed E-state index contributed by atoms with van der Waals surface area (Å²) >= 11 is 5.75. The van der Waals surface area contributed by atoms with Crippen LogP contribution in [0.25, 0.3) is 11.0 Å². The van der Waals surface area contributed by atoms with Crippen molar-refractivity contribution in [3.05, 3.63) is 58.9 Å². The zero-order chi connectivity index (χ0) is 16.6. The van der Waals surface area contributed by atoms with Crippen LogP contribution in [0.1, 0.15) is 16.2 Å². The molecule has 0 radical (unpaired) electrons. The van der Waals surface area contributed by atoms with Gasteiger partial charge in [-0.15, -0.1) is 0 Å². The van der Waals surface area contributed by atoms with Crippen molar-refractivity contribution in [1.82, 2.24) is 9.97 Å². The van der Waals surface area contributed by atoms with Gasteiger partial charge in [0.2, 0.25) is 5.82 Å². The standard InChI is InChI=1S/C15H9ClF3N3O/c16-9-6-4-8(5-7-9)13(23)20-10-2-1-3-11-12(10)22-14(21-11)15(17,18)19/h1-7H,(H,20,23)(H,21,22). The predicted molar refractivity (Wildman–Crippen MR) is 80.5 cm³/mol. The SMILES string of the molecule is O=C(Nc1cccc2[nH]c(C(F)(F)F)nc12)c1ccc(Cl)cc1. The molecular weight excluding hydrogens is 331 g/mol. The van der Waals surface area contributed by atoms with E-state index in [1.807, 2.05) is 0 Å². The van der Waals surface area contributed by atoms with E-state index in [2.05, 4.69) is 15.3 Å². The number of alkyl halides is 3. The summed E-state index contributed by atoms with van der Waals surface area (Å²) in [4.78, 5) is 17.9. The van der Waals surface area contributed by atoms with Gasteiger partial charge in [-0.2, -0.15) is 13.2 Å². The molecule has 2 N–H and O–H groups in total. The van der Waals surface area contributed by atoms with E-state index in [0.717, 1.165) is 0 Å². The van der Waals surface area contributed by atoms with E-state index in [9.17, 15) is 18.0 Å². The fourth-order valence-corrected chi connectivity index (χ4v) is 2.19. The first kappa shape index (κ1) is 15.4. The second kappa shape index (κ2) is 5.58. The van der Waals surface area contributed by atoms with Crippen molar-refractivity contribution < 1.29 is 18.0 Å². The largest absolute Gasteiger partial charge is 0.449 e. The number of benzene rings is 2. The van der Waals surface area contributed by atoms with E-state index in [1.165, 1.54) is 30.3 Å². The Balaban J connectivity index is 1.95. The number of carbonyl (C=O) groups is 1. The third-order valence-corrected chi connectivity index (χ3v) is 3.39. The summed E-state index contributed by atoms with van der Waals surface area (Å²) in [6, 6.07) is 10.6. The Bertz CT molecular complexity index is 872. The quantitative estimate of drug-likeness (QED) is 0.723. The van der Waals surface area contributed by atoms with Crippen LogP contribution in [0.2, 0.25) is 5.02 Å². The molecule has 2 aromatic carbocycles. The van der Waals surface area contributed by atoms with Gasteiger partial charge in [0, 0.05) is 10.6 Å². The molecule has 4 nitrogen and oxygen atoms in total. The minimum absolute atomic E-state index is 0.0436. The van der Waals surface area contributed by atoms with Crippen LogP contribution in [0.3, 0.4) is 0 Å². The van der Waals surface area contributed by atoms with Crippen LogP contribution in [-0.2, 0) is 6.18 Å². The lowest BCUT2D eigenvalue weighted by Crippen LogP contribution is -2.12. The van der Waals surface area contributed by atoms with Crippen LogP contribution in [0, 0.1) is 0 Å². The van der Waals surface area contributed by atoms with E-state index < -0.39 is 17.9 Å². The van der Waals surface area contributed by atoms with Crippen LogP contribution in [0.5, 0.6) is 0 Å². The molecule has 0 saturated carbocycles. The number of aromatic amines is 1. The van der Waals surface area contributed by atoms with Gasteiger partial charge >= 0.3 is 6.18 Å². The molecule has 0 saturated heterocycles. The number of nitrogens with one attached hydrogen (secondary N) is 2. The predicted octanol–water partition coefficient (Wildman–Crippen LogP) is 4.49. The smallest absolute Gasteiger partial charge is 0.334 e. The fourth-order valence-electron chi connectivity index (χ4n) is 2.06. The number of halogens is 4. The maximum atomic E-state index is 12.7. The first-order chi connectivity index (χ1) is 10.8. The van der Waals surface area contributed by atoms with Gasteiger partial charge in [0.05, 0.1) is 11.2 Å². The molecular formula is C15H9ClF3N3O. The molecule has 0 atom stereocenters. The van der Waals surface area contributed by atoms with Crippen molar-refractivity contribution in [1.29, 1.82) is 0 Å². The van der Waals surface area contributed by atoms with E-state index in [4.69, 9.17) is 11.6 Å². The minimum atomic E-state index is -4.59. The molecule has 0 unspecified atom stereocenters. The zero-order valence-corrected chi connectivity index (χ0v) is 12.2. The average Bonchev–Trinajstić information content (AvgIpc) is 2.93. The number of anilines is 1. The Kier molecular flexibility index (Phi) is 3.73. The highest BCUT2D eigenvalue weighted by Crippen LogP contribution is 2.31. The number of aromatic nitrogens is 2. The molecule has 118 valence electrons. The molecule has 0 aliphatic heterocycles. The van der Waals surface area contributed by atoms with Gasteiger partial charge in [0.15, 0.2) is 0 Å². The maximum absolute atomic E-state index is 12.7. The number of rotatable bonds is 2. The Labute approximate surface area is 133 Å². The highest BCUT2D eigenvalue weighted by Gasteiger charge is 2.35. The maximum Gasteiger partial charge on any atom is 0.449 e. The summed E-state index contributed by atoms with van der Waals surface area (Å²) in [6.45, 7) is 0. The molecule has 3 aromatic rings. The summed E-state index contributed by atoms with van der Waals surface area (Å²) in [7, 11) is 0. The zero-order valence-electron chi connectivity index (χ0n) is 11.4. The van der Waals surface area contributed by atoms with Crippen molar-refractivity contribution in [2.24, 2.45) is 0 Å². The van der Waals surface area contributed by atoms with Crippen LogP contribution in [-0.4, -0.2) is 15.9 Å². The lowest BCUT2D eigenvalue weighted by molar-refractivity contribution is -0.144. The molecule has 0 bridgehead atoms. The van der Waals surface area contributed by atoms with Gasteiger partial charge in [-0.05, 0) is 36.4 Å². The topological polar surface area (TPSA) is 57.8 Å². The third kappa shape index (κ3) is 3.14. The molecule has 23 heavy (non-hydrogen) atoms. The number of fused-ring (bicyclic) bond motifs is 1. The van der Waals surface area contributed by atoms with Crippen LogP contribution in [0.4, 0.5) is 18.9 Å². The van der Waals surface area contributed by atoms with Gasteiger partial charge in [0.25, 0.3) is 5.91 Å². The van der Waals surface area contributed by atoms with Gasteiger partial charge in [-0.3, -0.25) is 4.79 Å². The van der Waals surface area contributed by atoms with E-state index >= 15 is 0 Å². The molecule has 0 aliphatic carbocycles. The molecule has 0 fully saturated rings. The Morgan fingerprint density at radius 3 is 2.48 bits per heavy atom. The highest BCUT2D eigenvalue weighted by atomic mass is 35.5. The first-order valence-electron chi connectivity index (χ1n) is 6.47. The number of carbonyl (C=O) groups excluding carboxylic acids is 1. The number of hydrogen-bond donors (Lipinski definition) is 2. The third-order valence-electron chi connectivity index (χ3n) is 3.14. The molecule has 0 spiro atoms. The van der Waals surface area contributed by atoms with Gasteiger partial charge < -0.3 is 10.3 Å². The summed E-state index contributed by atoms with van der Waals surface area (Å²) in [5, 5.41) is 3.03. The van der Waals surface area contributed by atoms with Crippen molar-refractivity contribution in [2.45, 2.75) is 6.18 Å². The Hall–Kier alpha value is -2.54. The van der Waals surface area contributed by atoms with E-state index in [1.54, 1.807) is 12.1 Å². The molecule has 1 amide bonds. The number of nitrogens with zero attached hydrogens (tertiary/aromatic N) is 1. The number of hydrogen-bond acceptors (Lipinski definition) is 2. The average molecular weight is 340 g/mol. The van der Waals surface area contributed by atoms with Gasteiger partial charge in [-0.25, -0.2) is 4.98 Å². The molecule has 0 aliphatic rings. The number of imidazole rings is 1. The molecule has 8 heteroatoms. The summed E-state index contributed by atoms with van der Waals surface area (Å²) in [5.74, 6) is -1.58. The lowest BCUT2D eigenvalue weighted by Gasteiger charge is -2.06. The van der Waals surface area contributed by atoms with Crippen molar-refractivity contribution >= 4 is 34.2 Å². The Morgan fingerprint density at radius 2 is 1.83 bits per heavy atom. The van der Waals surface area contributed by atoms with Gasteiger partial charge in [-0.1, -0.05) is 17.7 Å². The van der Waals surface area contributed by atoms with Crippen molar-refractivity contribution in [3.8, 4) is 0 Å². The Morgan fingerprint density at radius 1 is 1.13 bits per heavy atom. The van der Waals surface area contributed by atoms with Crippen LogP contribution >= 0.6 is 11.6 Å². The normalized spacial score (nSPS) is 11.7. The minimum Gasteiger partial charge on any atom is -0.334 e. The van der Waals surface area contributed by atoms with Crippen molar-refractivity contribution in [3.63, 3.8) is 0 Å². The highest BCUT2D eigenvalue weighted by molar-refractivity contribution is 6.30. The lowest BCUT2D eigenvalue weighted by atomic mass is 10.2. The van der Waals surface area contributed by atoms with Gasteiger partial charge in [0.1, 0.15) is 5.52 Å². The second-order valence-corrected chi connectivity index (χ2v) is 5.18. The summed E-state index contributed by atoms with van der Waals surface area (Å²) in [6.07, 6.45) is -4.59. The first-order valence-corrected chi connectivity index (χ1v) is 6.85. The summed E-state index contributed by atoms with van der Waals surface area (Å²) in [5.41, 5.74) is 0.751. The number of amides is 1. The molecule has 1 aromatic heterocycles. The molecule has 3 rings (SSSR count). The van der Waals surface area contributed by atoms with E-state index in [0.29, 0.717) is 10.6 Å². The van der Waals surface area contributed by atoms with Crippen LogP contribution < -0.4 is 5.32 Å². The molecule has 1 heterocycles. The van der Waals surface area contributed by atoms with E-state index in [-0.39, 0.29) is 16.7 Å². The van der Waals surface area contributed by atoms with Crippen molar-refractivity contribution in [2.75, 3.05) is 5.32 Å². The van der Waals surface area contributed by atoms with Crippen LogP contribution in [0.15, 0.2) is 42.5 Å². The number of para-hydroxylation sites is 1. The fraction of sp³-hybridized carbons (Fsp3) is 0.0667. The second-order valence-electron chi connectivity index (χ2n) is 4.75.